The van der Waals surface area contributed by atoms with Gasteiger partial charge in [-0.1, -0.05) is 42.8 Å². The lowest BCUT2D eigenvalue weighted by molar-refractivity contribution is 0.129. The highest BCUT2D eigenvalue weighted by molar-refractivity contribution is 5.90. The molecule has 3 rings (SSSR count). The molecular formula is C21H26N2O2. The molecule has 0 spiro atoms. The third-order valence-electron chi connectivity index (χ3n) is 4.93. The molecule has 4 heteroatoms. The molecule has 2 amide bonds. The minimum absolute atomic E-state index is 0.0506. The van der Waals surface area contributed by atoms with Crippen LogP contribution in [0, 0.1) is 12.8 Å². The van der Waals surface area contributed by atoms with Gasteiger partial charge in [-0.3, -0.25) is 0 Å². The van der Waals surface area contributed by atoms with Crippen LogP contribution in [0.15, 0.2) is 48.5 Å². The summed E-state index contributed by atoms with van der Waals surface area (Å²) in [5, 5.41) is 3.03. The van der Waals surface area contributed by atoms with E-state index in [1.807, 2.05) is 29.2 Å². The highest BCUT2D eigenvalue weighted by Gasteiger charge is 2.33. The predicted octanol–water partition coefficient (Wildman–Crippen LogP) is 5.01. The van der Waals surface area contributed by atoms with Crippen molar-refractivity contribution in [1.82, 2.24) is 4.90 Å². The fourth-order valence-electron chi connectivity index (χ4n) is 3.58. The Labute approximate surface area is 149 Å². The number of benzene rings is 2. The number of anilines is 1. The number of methoxy groups -OCH3 is 1. The van der Waals surface area contributed by atoms with Gasteiger partial charge in [-0.15, -0.1) is 0 Å². The van der Waals surface area contributed by atoms with Gasteiger partial charge in [0.2, 0.25) is 0 Å². The first kappa shape index (κ1) is 17.3. The summed E-state index contributed by atoms with van der Waals surface area (Å²) >= 11 is 0. The Morgan fingerprint density at radius 3 is 2.68 bits per heavy atom. The van der Waals surface area contributed by atoms with Crippen LogP contribution in [0.2, 0.25) is 0 Å². The van der Waals surface area contributed by atoms with Gasteiger partial charge in [0, 0.05) is 18.3 Å². The minimum atomic E-state index is -0.0506. The van der Waals surface area contributed by atoms with E-state index in [1.54, 1.807) is 7.11 Å². The molecule has 1 N–H and O–H groups in total. The molecule has 0 unspecified atom stereocenters. The van der Waals surface area contributed by atoms with Gasteiger partial charge in [-0.05, 0) is 43.4 Å². The summed E-state index contributed by atoms with van der Waals surface area (Å²) in [7, 11) is 1.63. The van der Waals surface area contributed by atoms with E-state index in [4.69, 9.17) is 4.74 Å². The van der Waals surface area contributed by atoms with Crippen molar-refractivity contribution in [2.45, 2.75) is 32.7 Å². The van der Waals surface area contributed by atoms with Gasteiger partial charge in [0.1, 0.15) is 5.75 Å². The molecule has 0 aromatic heterocycles. The molecule has 0 aliphatic carbocycles. The number of amides is 2. The SMILES string of the molecule is COc1cccc(NC(=O)N2CCC[C@H](C)[C@H]2c2ccc(C)cc2)c1. The number of carbonyl (C=O) groups is 1. The van der Waals surface area contributed by atoms with Crippen LogP contribution < -0.4 is 10.1 Å². The minimum Gasteiger partial charge on any atom is -0.497 e. The number of urea groups is 1. The van der Waals surface area contributed by atoms with Crippen molar-refractivity contribution >= 4 is 11.7 Å². The lowest BCUT2D eigenvalue weighted by atomic mass is 9.86. The normalized spacial score (nSPS) is 20.2. The highest BCUT2D eigenvalue weighted by Crippen LogP contribution is 2.36. The number of ether oxygens (including phenoxy) is 1. The van der Waals surface area contributed by atoms with Crippen LogP contribution in [0.4, 0.5) is 10.5 Å². The van der Waals surface area contributed by atoms with E-state index < -0.39 is 0 Å². The molecule has 0 radical (unpaired) electrons. The number of carbonyl (C=O) groups excluding carboxylic acids is 1. The number of hydrogen-bond donors (Lipinski definition) is 1. The van der Waals surface area contributed by atoms with Crippen molar-refractivity contribution < 1.29 is 9.53 Å². The maximum absolute atomic E-state index is 12.9. The average Bonchev–Trinajstić information content (AvgIpc) is 2.62. The Balaban J connectivity index is 1.81. The Morgan fingerprint density at radius 2 is 1.96 bits per heavy atom. The zero-order valence-electron chi connectivity index (χ0n) is 15.2. The molecule has 1 aliphatic heterocycles. The topological polar surface area (TPSA) is 41.6 Å². The van der Waals surface area contributed by atoms with Gasteiger partial charge >= 0.3 is 6.03 Å². The fraction of sp³-hybridized carbons (Fsp3) is 0.381. The Kier molecular flexibility index (Phi) is 5.27. The Morgan fingerprint density at radius 1 is 1.20 bits per heavy atom. The number of piperidine rings is 1. The third kappa shape index (κ3) is 3.95. The van der Waals surface area contributed by atoms with E-state index in [2.05, 4.69) is 43.4 Å². The van der Waals surface area contributed by atoms with Crippen LogP contribution in [-0.4, -0.2) is 24.6 Å². The molecule has 1 fully saturated rings. The predicted molar refractivity (Wildman–Crippen MR) is 101 cm³/mol. The van der Waals surface area contributed by atoms with E-state index in [-0.39, 0.29) is 12.1 Å². The van der Waals surface area contributed by atoms with Crippen LogP contribution in [0.5, 0.6) is 5.75 Å². The van der Waals surface area contributed by atoms with Crippen LogP contribution in [0.1, 0.15) is 36.9 Å². The number of hydrogen-bond acceptors (Lipinski definition) is 2. The second-order valence-corrected chi connectivity index (χ2v) is 6.83. The Bertz CT molecular complexity index is 727. The zero-order valence-corrected chi connectivity index (χ0v) is 15.2. The smallest absolute Gasteiger partial charge is 0.322 e. The molecular weight excluding hydrogens is 312 g/mol. The molecule has 2 aromatic carbocycles. The quantitative estimate of drug-likeness (QED) is 0.855. The van der Waals surface area contributed by atoms with Crippen molar-refractivity contribution in [3.63, 3.8) is 0 Å². The number of aryl methyl sites for hydroxylation is 1. The van der Waals surface area contributed by atoms with Crippen LogP contribution in [-0.2, 0) is 0 Å². The van der Waals surface area contributed by atoms with Gasteiger partial charge in [0.05, 0.1) is 13.2 Å². The van der Waals surface area contributed by atoms with E-state index in [0.717, 1.165) is 30.8 Å². The summed E-state index contributed by atoms with van der Waals surface area (Å²) in [6.45, 7) is 5.09. The molecule has 0 bridgehead atoms. The molecule has 4 nitrogen and oxygen atoms in total. The maximum Gasteiger partial charge on any atom is 0.322 e. The third-order valence-corrected chi connectivity index (χ3v) is 4.93. The van der Waals surface area contributed by atoms with Gasteiger partial charge in [-0.2, -0.15) is 0 Å². The highest BCUT2D eigenvalue weighted by atomic mass is 16.5. The molecule has 132 valence electrons. The summed E-state index contributed by atoms with van der Waals surface area (Å²) in [5.74, 6) is 1.17. The fourth-order valence-corrected chi connectivity index (χ4v) is 3.58. The maximum atomic E-state index is 12.9. The van der Waals surface area contributed by atoms with Gasteiger partial charge in [0.25, 0.3) is 0 Å². The summed E-state index contributed by atoms with van der Waals surface area (Å²) in [6, 6.07) is 16.1. The van der Waals surface area contributed by atoms with E-state index >= 15 is 0 Å². The zero-order chi connectivity index (χ0) is 17.8. The molecule has 25 heavy (non-hydrogen) atoms. The van der Waals surface area contributed by atoms with Crippen molar-refractivity contribution in [2.24, 2.45) is 5.92 Å². The number of nitrogens with one attached hydrogen (secondary N) is 1. The summed E-state index contributed by atoms with van der Waals surface area (Å²) in [6.07, 6.45) is 2.18. The number of likely N-dealkylation sites (tertiary alicyclic amines) is 1. The molecule has 1 heterocycles. The van der Waals surface area contributed by atoms with E-state index in [9.17, 15) is 4.79 Å². The Hall–Kier alpha value is -2.49. The standard InChI is InChI=1S/C21H26N2O2/c1-15-9-11-17(12-10-15)20-16(2)6-5-13-23(20)21(24)22-18-7-4-8-19(14-18)25-3/h4,7-12,14,16,20H,5-6,13H2,1-3H3,(H,22,24)/t16-,20-/m0/s1. The second-order valence-electron chi connectivity index (χ2n) is 6.83. The first-order chi connectivity index (χ1) is 12.1. The van der Waals surface area contributed by atoms with Crippen molar-refractivity contribution in [2.75, 3.05) is 19.0 Å². The lowest BCUT2D eigenvalue weighted by Crippen LogP contribution is -2.44. The van der Waals surface area contributed by atoms with Gasteiger partial charge in [0.15, 0.2) is 0 Å². The number of nitrogens with zero attached hydrogens (tertiary/aromatic N) is 1. The summed E-state index contributed by atoms with van der Waals surface area (Å²) < 4.78 is 5.24. The van der Waals surface area contributed by atoms with Crippen molar-refractivity contribution in [1.29, 1.82) is 0 Å². The molecule has 2 atom stereocenters. The first-order valence-electron chi connectivity index (χ1n) is 8.86. The van der Waals surface area contributed by atoms with Crippen LogP contribution in [0.3, 0.4) is 0 Å². The van der Waals surface area contributed by atoms with Gasteiger partial charge < -0.3 is 15.0 Å². The molecule has 1 aliphatic rings. The first-order valence-corrected chi connectivity index (χ1v) is 8.86. The summed E-state index contributed by atoms with van der Waals surface area (Å²) in [4.78, 5) is 14.9. The number of rotatable bonds is 3. The van der Waals surface area contributed by atoms with Gasteiger partial charge in [-0.25, -0.2) is 4.79 Å². The molecule has 2 aromatic rings. The van der Waals surface area contributed by atoms with Crippen LogP contribution in [0.25, 0.3) is 0 Å². The molecule has 1 saturated heterocycles. The van der Waals surface area contributed by atoms with E-state index in [0.29, 0.717) is 5.92 Å². The monoisotopic (exact) mass is 338 g/mol. The lowest BCUT2D eigenvalue weighted by Gasteiger charge is -2.40. The summed E-state index contributed by atoms with van der Waals surface area (Å²) in [5.41, 5.74) is 3.20. The van der Waals surface area contributed by atoms with Crippen LogP contribution >= 0.6 is 0 Å². The molecule has 0 saturated carbocycles. The van der Waals surface area contributed by atoms with E-state index in [1.165, 1.54) is 11.1 Å². The van der Waals surface area contributed by atoms with Crippen molar-refractivity contribution in [3.05, 3.63) is 59.7 Å². The van der Waals surface area contributed by atoms with Crippen molar-refractivity contribution in [3.8, 4) is 5.75 Å². The second kappa shape index (κ2) is 7.60. The average molecular weight is 338 g/mol. The largest absolute Gasteiger partial charge is 0.497 e.